The summed E-state index contributed by atoms with van der Waals surface area (Å²) >= 11 is 0. The SMILES string of the molecule is CC1CCN(c2cc(C(=O)NCc3ccccc3)ncn2)CC1. The highest BCUT2D eigenvalue weighted by atomic mass is 16.1. The normalized spacial score (nSPS) is 15.4. The lowest BCUT2D eigenvalue weighted by Crippen LogP contribution is -2.34. The Bertz CT molecular complexity index is 651. The Morgan fingerprint density at radius 1 is 1.22 bits per heavy atom. The van der Waals surface area contributed by atoms with E-state index < -0.39 is 0 Å². The number of hydrogen-bond donors (Lipinski definition) is 1. The number of amides is 1. The molecule has 0 saturated carbocycles. The van der Waals surface area contributed by atoms with Gasteiger partial charge in [-0.05, 0) is 24.3 Å². The predicted molar refractivity (Wildman–Crippen MR) is 90.3 cm³/mol. The van der Waals surface area contributed by atoms with E-state index in [2.05, 4.69) is 27.1 Å². The first kappa shape index (κ1) is 15.5. The molecule has 3 rings (SSSR count). The van der Waals surface area contributed by atoms with Gasteiger partial charge in [-0.15, -0.1) is 0 Å². The smallest absolute Gasteiger partial charge is 0.270 e. The molecule has 1 aliphatic rings. The van der Waals surface area contributed by atoms with Gasteiger partial charge in [0.05, 0.1) is 0 Å². The first-order valence-electron chi connectivity index (χ1n) is 8.11. The van der Waals surface area contributed by atoms with Gasteiger partial charge in [0, 0.05) is 25.7 Å². The van der Waals surface area contributed by atoms with E-state index in [1.165, 1.54) is 19.2 Å². The molecule has 1 aromatic heterocycles. The third-order valence-electron chi connectivity index (χ3n) is 4.29. The fraction of sp³-hybridized carbons (Fsp3) is 0.389. The number of nitrogens with zero attached hydrogens (tertiary/aromatic N) is 3. The molecule has 0 bridgehead atoms. The third-order valence-corrected chi connectivity index (χ3v) is 4.29. The first-order valence-corrected chi connectivity index (χ1v) is 8.11. The van der Waals surface area contributed by atoms with E-state index in [0.717, 1.165) is 30.4 Å². The van der Waals surface area contributed by atoms with Crippen LogP contribution < -0.4 is 10.2 Å². The van der Waals surface area contributed by atoms with E-state index in [9.17, 15) is 4.79 Å². The second kappa shape index (κ2) is 7.22. The molecule has 0 radical (unpaired) electrons. The molecule has 5 nitrogen and oxygen atoms in total. The van der Waals surface area contributed by atoms with Gasteiger partial charge < -0.3 is 10.2 Å². The summed E-state index contributed by atoms with van der Waals surface area (Å²) in [7, 11) is 0. The van der Waals surface area contributed by atoms with Crippen LogP contribution >= 0.6 is 0 Å². The third kappa shape index (κ3) is 4.06. The monoisotopic (exact) mass is 310 g/mol. The van der Waals surface area contributed by atoms with E-state index >= 15 is 0 Å². The van der Waals surface area contributed by atoms with E-state index in [4.69, 9.17) is 0 Å². The minimum absolute atomic E-state index is 0.164. The Hall–Kier alpha value is -2.43. The van der Waals surface area contributed by atoms with Gasteiger partial charge in [-0.3, -0.25) is 4.79 Å². The number of aromatic nitrogens is 2. The van der Waals surface area contributed by atoms with Gasteiger partial charge in [0.2, 0.25) is 0 Å². The van der Waals surface area contributed by atoms with Crippen molar-refractivity contribution < 1.29 is 4.79 Å². The summed E-state index contributed by atoms with van der Waals surface area (Å²) in [6, 6.07) is 11.6. The minimum atomic E-state index is -0.164. The number of anilines is 1. The molecule has 1 amide bonds. The van der Waals surface area contributed by atoms with Crippen molar-refractivity contribution in [3.8, 4) is 0 Å². The van der Waals surface area contributed by atoms with Crippen molar-refractivity contribution in [1.29, 1.82) is 0 Å². The molecular formula is C18H22N4O. The molecule has 1 saturated heterocycles. The Labute approximate surface area is 136 Å². The number of benzene rings is 1. The molecule has 5 heteroatoms. The van der Waals surface area contributed by atoms with Crippen LogP contribution in [0.2, 0.25) is 0 Å². The average Bonchev–Trinajstić information content (AvgIpc) is 2.61. The lowest BCUT2D eigenvalue weighted by atomic mass is 9.99. The molecule has 1 aromatic carbocycles. The molecule has 1 N–H and O–H groups in total. The molecule has 120 valence electrons. The molecule has 1 aliphatic heterocycles. The van der Waals surface area contributed by atoms with Gasteiger partial charge in [-0.25, -0.2) is 9.97 Å². The van der Waals surface area contributed by atoms with Gasteiger partial charge in [0.25, 0.3) is 5.91 Å². The highest BCUT2D eigenvalue weighted by Gasteiger charge is 2.18. The standard InChI is InChI=1S/C18H22N4O/c1-14-7-9-22(10-8-14)17-11-16(20-13-21-17)18(23)19-12-15-5-3-2-4-6-15/h2-6,11,13-14H,7-10,12H2,1H3,(H,19,23). The lowest BCUT2D eigenvalue weighted by molar-refractivity contribution is 0.0945. The highest BCUT2D eigenvalue weighted by Crippen LogP contribution is 2.21. The Morgan fingerprint density at radius 3 is 2.70 bits per heavy atom. The largest absolute Gasteiger partial charge is 0.356 e. The molecular weight excluding hydrogens is 288 g/mol. The van der Waals surface area contributed by atoms with Crippen molar-refractivity contribution in [2.45, 2.75) is 26.3 Å². The number of carbonyl (C=O) groups excluding carboxylic acids is 1. The van der Waals surface area contributed by atoms with Crippen molar-refractivity contribution >= 4 is 11.7 Å². The van der Waals surface area contributed by atoms with Crippen LogP contribution in [0.3, 0.4) is 0 Å². The fourth-order valence-corrected chi connectivity index (χ4v) is 2.75. The van der Waals surface area contributed by atoms with E-state index in [1.54, 1.807) is 6.07 Å². The zero-order chi connectivity index (χ0) is 16.1. The van der Waals surface area contributed by atoms with Crippen LogP contribution in [-0.2, 0) is 6.54 Å². The maximum atomic E-state index is 12.3. The molecule has 0 spiro atoms. The summed E-state index contributed by atoms with van der Waals surface area (Å²) in [5, 5.41) is 2.90. The van der Waals surface area contributed by atoms with Gasteiger partial charge in [0.1, 0.15) is 17.8 Å². The van der Waals surface area contributed by atoms with Gasteiger partial charge in [0.15, 0.2) is 0 Å². The average molecular weight is 310 g/mol. The van der Waals surface area contributed by atoms with Crippen molar-refractivity contribution in [3.05, 3.63) is 54.0 Å². The second-order valence-electron chi connectivity index (χ2n) is 6.10. The maximum Gasteiger partial charge on any atom is 0.270 e. The van der Waals surface area contributed by atoms with E-state index in [-0.39, 0.29) is 5.91 Å². The van der Waals surface area contributed by atoms with Gasteiger partial charge >= 0.3 is 0 Å². The van der Waals surface area contributed by atoms with Crippen LogP contribution in [-0.4, -0.2) is 29.0 Å². The predicted octanol–water partition coefficient (Wildman–Crippen LogP) is 2.64. The zero-order valence-electron chi connectivity index (χ0n) is 13.4. The summed E-state index contributed by atoms with van der Waals surface area (Å²) in [6.45, 7) is 4.76. The summed E-state index contributed by atoms with van der Waals surface area (Å²) < 4.78 is 0. The van der Waals surface area contributed by atoms with Crippen molar-refractivity contribution in [2.75, 3.05) is 18.0 Å². The number of nitrogens with one attached hydrogen (secondary N) is 1. The minimum Gasteiger partial charge on any atom is -0.356 e. The second-order valence-corrected chi connectivity index (χ2v) is 6.10. The lowest BCUT2D eigenvalue weighted by Gasteiger charge is -2.31. The van der Waals surface area contributed by atoms with Crippen LogP contribution in [0.1, 0.15) is 35.8 Å². The first-order chi connectivity index (χ1) is 11.2. The highest BCUT2D eigenvalue weighted by molar-refractivity contribution is 5.92. The number of rotatable bonds is 4. The summed E-state index contributed by atoms with van der Waals surface area (Å²) in [5.41, 5.74) is 1.49. The number of hydrogen-bond acceptors (Lipinski definition) is 4. The molecule has 23 heavy (non-hydrogen) atoms. The molecule has 1 fully saturated rings. The van der Waals surface area contributed by atoms with E-state index in [0.29, 0.717) is 12.2 Å². The molecule has 0 unspecified atom stereocenters. The summed E-state index contributed by atoms with van der Waals surface area (Å²) in [4.78, 5) is 23.0. The summed E-state index contributed by atoms with van der Waals surface area (Å²) in [6.07, 6.45) is 3.81. The molecule has 0 atom stereocenters. The van der Waals surface area contributed by atoms with Crippen LogP contribution in [0.5, 0.6) is 0 Å². The quantitative estimate of drug-likeness (QED) is 0.943. The zero-order valence-corrected chi connectivity index (χ0v) is 13.4. The Balaban J connectivity index is 1.63. The number of piperidine rings is 1. The van der Waals surface area contributed by atoms with Gasteiger partial charge in [-0.2, -0.15) is 0 Å². The van der Waals surface area contributed by atoms with Crippen LogP contribution in [0.25, 0.3) is 0 Å². The van der Waals surface area contributed by atoms with Crippen LogP contribution in [0, 0.1) is 5.92 Å². The van der Waals surface area contributed by atoms with Crippen LogP contribution in [0.4, 0.5) is 5.82 Å². The van der Waals surface area contributed by atoms with Crippen molar-refractivity contribution in [1.82, 2.24) is 15.3 Å². The maximum absolute atomic E-state index is 12.3. The van der Waals surface area contributed by atoms with E-state index in [1.807, 2.05) is 30.3 Å². The molecule has 0 aliphatic carbocycles. The Kier molecular flexibility index (Phi) is 4.86. The van der Waals surface area contributed by atoms with Gasteiger partial charge in [-0.1, -0.05) is 37.3 Å². The van der Waals surface area contributed by atoms with Crippen molar-refractivity contribution in [2.24, 2.45) is 5.92 Å². The molecule has 2 heterocycles. The van der Waals surface area contributed by atoms with Crippen molar-refractivity contribution in [3.63, 3.8) is 0 Å². The topological polar surface area (TPSA) is 58.1 Å². The van der Waals surface area contributed by atoms with Crippen LogP contribution in [0.15, 0.2) is 42.7 Å². The Morgan fingerprint density at radius 2 is 1.96 bits per heavy atom. The fourth-order valence-electron chi connectivity index (χ4n) is 2.75. The number of carbonyl (C=O) groups is 1. The molecule has 2 aromatic rings. The summed E-state index contributed by atoms with van der Waals surface area (Å²) in [5.74, 6) is 1.45.